The average Bonchev–Trinajstić information content (AvgIpc) is 2.71. The van der Waals surface area contributed by atoms with Gasteiger partial charge in [-0.05, 0) is 26.2 Å². The van der Waals surface area contributed by atoms with Crippen molar-refractivity contribution in [2.45, 2.75) is 38.8 Å². The van der Waals surface area contributed by atoms with E-state index < -0.39 is 28.8 Å². The molecule has 0 bridgehead atoms. The highest BCUT2D eigenvalue weighted by atomic mass is 16.6. The first-order valence-electron chi connectivity index (χ1n) is 7.76. The molecule has 124 valence electrons. The highest BCUT2D eigenvalue weighted by Crippen LogP contribution is 2.44. The molecule has 0 spiro atoms. The van der Waals surface area contributed by atoms with E-state index in [1.54, 1.807) is 45.0 Å². The number of carbonyl (C=O) groups excluding carboxylic acids is 3. The molecule has 24 heavy (non-hydrogen) atoms. The Labute approximate surface area is 140 Å². The fourth-order valence-corrected chi connectivity index (χ4v) is 3.15. The molecule has 1 unspecified atom stereocenters. The lowest BCUT2D eigenvalue weighted by atomic mass is 9.91. The van der Waals surface area contributed by atoms with Gasteiger partial charge >= 0.3 is 5.97 Å². The molecule has 5 nitrogen and oxygen atoms in total. The van der Waals surface area contributed by atoms with E-state index in [9.17, 15) is 14.4 Å². The van der Waals surface area contributed by atoms with Gasteiger partial charge in [-0.1, -0.05) is 36.4 Å². The van der Waals surface area contributed by atoms with Crippen molar-refractivity contribution in [3.63, 3.8) is 0 Å². The first-order valence-corrected chi connectivity index (χ1v) is 7.76. The minimum Gasteiger partial charge on any atom is -0.435 e. The van der Waals surface area contributed by atoms with Crippen molar-refractivity contribution in [2.75, 3.05) is 0 Å². The summed E-state index contributed by atoms with van der Waals surface area (Å²) in [4.78, 5) is 37.9. The van der Waals surface area contributed by atoms with Crippen molar-refractivity contribution in [2.24, 2.45) is 0 Å². The van der Waals surface area contributed by atoms with Crippen LogP contribution in [0.1, 0.15) is 43.6 Å². The van der Waals surface area contributed by atoms with E-state index >= 15 is 0 Å². The van der Waals surface area contributed by atoms with Gasteiger partial charge in [-0.3, -0.25) is 14.4 Å². The smallest absolute Gasteiger partial charge is 0.304 e. The van der Waals surface area contributed by atoms with Gasteiger partial charge in [0, 0.05) is 29.0 Å². The van der Waals surface area contributed by atoms with Gasteiger partial charge in [-0.15, -0.1) is 0 Å². The van der Waals surface area contributed by atoms with Crippen LogP contribution in [0.5, 0.6) is 0 Å². The summed E-state index contributed by atoms with van der Waals surface area (Å²) in [5, 5.41) is 4.27. The Bertz CT molecular complexity index is 873. The second-order valence-electron chi connectivity index (χ2n) is 7.02. The summed E-state index contributed by atoms with van der Waals surface area (Å²) in [6, 6.07) is 10.6. The number of nitrogens with one attached hydrogen (secondary N) is 1. The van der Waals surface area contributed by atoms with Gasteiger partial charge in [0.2, 0.25) is 5.78 Å². The van der Waals surface area contributed by atoms with Crippen LogP contribution in [0.25, 0.3) is 10.8 Å². The molecule has 3 rings (SSSR count). The lowest BCUT2D eigenvalue weighted by molar-refractivity contribution is -0.163. The van der Waals surface area contributed by atoms with Crippen LogP contribution >= 0.6 is 0 Å². The topological polar surface area (TPSA) is 72.5 Å². The number of ketones is 1. The number of Topliss-reactive ketones (excluding diaryl/α,β-unsaturated/α-hetero) is 1. The van der Waals surface area contributed by atoms with E-state index in [4.69, 9.17) is 4.74 Å². The Morgan fingerprint density at radius 3 is 2.29 bits per heavy atom. The van der Waals surface area contributed by atoms with E-state index in [0.29, 0.717) is 16.5 Å². The Morgan fingerprint density at radius 1 is 1.08 bits per heavy atom. The van der Waals surface area contributed by atoms with E-state index in [2.05, 4.69) is 5.32 Å². The van der Waals surface area contributed by atoms with Gasteiger partial charge < -0.3 is 10.1 Å². The predicted molar refractivity (Wildman–Crippen MR) is 89.6 cm³/mol. The number of rotatable bonds is 2. The van der Waals surface area contributed by atoms with Gasteiger partial charge in [0.15, 0.2) is 0 Å². The highest BCUT2D eigenvalue weighted by Gasteiger charge is 2.57. The zero-order valence-corrected chi connectivity index (χ0v) is 14.1. The standard InChI is InChI=1S/C19H19NO4/c1-11(21)24-19(17(23)20-18(2,3)4)14-10-6-8-12-7-5-9-13(15(12)14)16(19)22/h5-10H,1-4H3,(H,20,23). The van der Waals surface area contributed by atoms with E-state index in [1.807, 2.05) is 12.1 Å². The molecule has 2 aromatic carbocycles. The quantitative estimate of drug-likeness (QED) is 0.681. The van der Waals surface area contributed by atoms with Crippen LogP contribution in [-0.2, 0) is 19.9 Å². The van der Waals surface area contributed by atoms with E-state index in [1.165, 1.54) is 6.92 Å². The first-order chi connectivity index (χ1) is 11.2. The van der Waals surface area contributed by atoms with Gasteiger partial charge in [0.25, 0.3) is 11.5 Å². The number of esters is 1. The Hall–Kier alpha value is -2.69. The highest BCUT2D eigenvalue weighted by molar-refractivity contribution is 6.28. The summed E-state index contributed by atoms with van der Waals surface area (Å²) in [5.41, 5.74) is -1.74. The third-order valence-electron chi connectivity index (χ3n) is 3.95. The monoisotopic (exact) mass is 325 g/mol. The molecule has 1 amide bonds. The normalized spacial score (nSPS) is 19.4. The molecule has 1 atom stereocenters. The Kier molecular flexibility index (Phi) is 3.48. The van der Waals surface area contributed by atoms with Crippen molar-refractivity contribution < 1.29 is 19.1 Å². The van der Waals surface area contributed by atoms with Crippen LogP contribution in [0, 0.1) is 0 Å². The van der Waals surface area contributed by atoms with E-state index in [0.717, 1.165) is 5.39 Å². The van der Waals surface area contributed by atoms with Gasteiger partial charge in [-0.25, -0.2) is 0 Å². The summed E-state index contributed by atoms with van der Waals surface area (Å²) in [5.74, 6) is -1.82. The summed E-state index contributed by atoms with van der Waals surface area (Å²) < 4.78 is 5.39. The SMILES string of the molecule is CC(=O)OC1(C(=O)NC(C)(C)C)C(=O)c2cccc3cccc1c23. The lowest BCUT2D eigenvalue weighted by Crippen LogP contribution is -2.55. The zero-order chi connectivity index (χ0) is 17.7. The predicted octanol–water partition coefficient (Wildman–Crippen LogP) is 2.71. The molecule has 0 radical (unpaired) electrons. The van der Waals surface area contributed by atoms with Crippen LogP contribution in [0.4, 0.5) is 0 Å². The molecule has 0 saturated heterocycles. The molecular formula is C19H19NO4. The fourth-order valence-electron chi connectivity index (χ4n) is 3.15. The van der Waals surface area contributed by atoms with Gasteiger partial charge in [0.05, 0.1) is 0 Å². The number of hydrogen-bond acceptors (Lipinski definition) is 4. The molecule has 0 fully saturated rings. The minimum absolute atomic E-state index is 0.397. The molecule has 2 aromatic rings. The molecule has 1 aliphatic rings. The lowest BCUT2D eigenvalue weighted by Gasteiger charge is -2.31. The number of amides is 1. The van der Waals surface area contributed by atoms with Gasteiger partial charge in [-0.2, -0.15) is 0 Å². The molecule has 1 N–H and O–H groups in total. The third-order valence-corrected chi connectivity index (χ3v) is 3.95. The molecule has 0 heterocycles. The maximum atomic E-state index is 13.1. The number of hydrogen-bond donors (Lipinski definition) is 1. The van der Waals surface area contributed by atoms with Crippen molar-refractivity contribution in [1.29, 1.82) is 0 Å². The molecule has 1 aliphatic carbocycles. The maximum absolute atomic E-state index is 13.1. The average molecular weight is 325 g/mol. The number of benzene rings is 2. The largest absolute Gasteiger partial charge is 0.435 e. The van der Waals surface area contributed by atoms with Crippen LogP contribution in [0.2, 0.25) is 0 Å². The molecular weight excluding hydrogens is 306 g/mol. The van der Waals surface area contributed by atoms with Crippen LogP contribution in [0.15, 0.2) is 36.4 Å². The number of carbonyl (C=O) groups is 3. The maximum Gasteiger partial charge on any atom is 0.304 e. The van der Waals surface area contributed by atoms with Crippen molar-refractivity contribution in [1.82, 2.24) is 5.32 Å². The molecule has 0 aromatic heterocycles. The second kappa shape index (κ2) is 5.16. The Balaban J connectivity index is 2.28. The second-order valence-corrected chi connectivity index (χ2v) is 7.02. The molecule has 0 saturated carbocycles. The van der Waals surface area contributed by atoms with Gasteiger partial charge in [0.1, 0.15) is 0 Å². The molecule has 5 heteroatoms. The van der Waals surface area contributed by atoms with Crippen LogP contribution < -0.4 is 5.32 Å². The molecule has 0 aliphatic heterocycles. The summed E-state index contributed by atoms with van der Waals surface area (Å²) in [6.07, 6.45) is 0. The van der Waals surface area contributed by atoms with Crippen molar-refractivity contribution >= 4 is 28.4 Å². The zero-order valence-electron chi connectivity index (χ0n) is 14.1. The summed E-state index contributed by atoms with van der Waals surface area (Å²) >= 11 is 0. The number of ether oxygens (including phenoxy) is 1. The Morgan fingerprint density at radius 2 is 1.71 bits per heavy atom. The van der Waals surface area contributed by atoms with Crippen LogP contribution in [0.3, 0.4) is 0 Å². The summed E-state index contributed by atoms with van der Waals surface area (Å²) in [6.45, 7) is 6.61. The minimum atomic E-state index is -1.97. The van der Waals surface area contributed by atoms with E-state index in [-0.39, 0.29) is 0 Å². The van der Waals surface area contributed by atoms with Crippen molar-refractivity contribution in [3.05, 3.63) is 47.5 Å². The first kappa shape index (κ1) is 16.2. The third kappa shape index (κ3) is 2.28. The fraction of sp³-hybridized carbons (Fsp3) is 0.316. The van der Waals surface area contributed by atoms with Crippen LogP contribution in [-0.4, -0.2) is 23.2 Å². The summed E-state index contributed by atoms with van der Waals surface area (Å²) in [7, 11) is 0. The van der Waals surface area contributed by atoms with Crippen molar-refractivity contribution in [3.8, 4) is 0 Å².